The minimum absolute atomic E-state index is 0.00841. The molecule has 0 aromatic rings. The molecule has 7 N–H and O–H groups in total. The molecule has 0 saturated heterocycles. The van der Waals surface area contributed by atoms with Crippen LogP contribution in [-0.2, 0) is 4.84 Å². The number of aliphatic hydroxyl groups is 2. The van der Waals surface area contributed by atoms with E-state index in [0.29, 0.717) is 42.2 Å². The van der Waals surface area contributed by atoms with Gasteiger partial charge >= 0.3 is 0 Å². The average Bonchev–Trinajstić information content (AvgIpc) is 2.99. The van der Waals surface area contributed by atoms with E-state index in [9.17, 15) is 10.2 Å². The second-order valence-corrected chi connectivity index (χ2v) is 11.4. The average molecular weight is 437 g/mol. The third-order valence-electron chi connectivity index (χ3n) is 10.2. The Kier molecular flexibility index (Phi) is 6.61. The number of aliphatic hydroxyl groups excluding tert-OH is 1. The van der Waals surface area contributed by atoms with Crippen LogP contribution in [0.15, 0.2) is 4.99 Å². The lowest BCUT2D eigenvalue weighted by atomic mass is 9.43. The number of hydrogen-bond donors (Lipinski definition) is 5. The Hall–Kier alpha value is -0.890. The topological polar surface area (TPSA) is 126 Å². The van der Waals surface area contributed by atoms with E-state index in [4.69, 9.17) is 16.3 Å². The van der Waals surface area contributed by atoms with E-state index in [2.05, 4.69) is 24.3 Å². The molecule has 2 unspecified atom stereocenters. The van der Waals surface area contributed by atoms with Crippen molar-refractivity contribution in [1.82, 2.24) is 5.48 Å². The van der Waals surface area contributed by atoms with Gasteiger partial charge in [-0.1, -0.05) is 13.8 Å². The number of nitrogens with two attached hydrogens (primary N) is 2. The first-order valence-electron chi connectivity index (χ1n) is 12.5. The SMILES string of the molecule is C[C@]12CCC(O)CC1CC[C@@H]1[C@@H]2CC[C@]2(C)[C@@H](CCNOCCN=C(N)N)CC[C@@]12O. The van der Waals surface area contributed by atoms with Gasteiger partial charge in [0.15, 0.2) is 5.96 Å². The molecule has 0 aromatic heterocycles. The van der Waals surface area contributed by atoms with Gasteiger partial charge in [0.2, 0.25) is 0 Å². The number of hydrogen-bond acceptors (Lipinski definition) is 5. The molecule has 0 bridgehead atoms. The summed E-state index contributed by atoms with van der Waals surface area (Å²) in [6.07, 6.45) is 10.6. The van der Waals surface area contributed by atoms with Gasteiger partial charge in [0.25, 0.3) is 0 Å². The molecule has 178 valence electrons. The van der Waals surface area contributed by atoms with E-state index in [1.165, 1.54) is 12.8 Å². The maximum atomic E-state index is 12.2. The van der Waals surface area contributed by atoms with Crippen molar-refractivity contribution < 1.29 is 15.1 Å². The van der Waals surface area contributed by atoms with Crippen LogP contribution in [0.4, 0.5) is 0 Å². The van der Waals surface area contributed by atoms with E-state index < -0.39 is 5.60 Å². The Morgan fingerprint density at radius 3 is 2.65 bits per heavy atom. The minimum Gasteiger partial charge on any atom is -0.393 e. The van der Waals surface area contributed by atoms with E-state index >= 15 is 0 Å². The van der Waals surface area contributed by atoms with Crippen LogP contribution in [0.1, 0.15) is 78.1 Å². The van der Waals surface area contributed by atoms with Gasteiger partial charge in [0.1, 0.15) is 0 Å². The summed E-state index contributed by atoms with van der Waals surface area (Å²) in [4.78, 5) is 9.36. The number of aliphatic imine (C=N–C) groups is 1. The number of hydroxylamine groups is 1. The van der Waals surface area contributed by atoms with Gasteiger partial charge < -0.3 is 21.7 Å². The van der Waals surface area contributed by atoms with Crippen LogP contribution >= 0.6 is 0 Å². The molecular weight excluding hydrogens is 392 g/mol. The zero-order chi connectivity index (χ0) is 22.3. The predicted molar refractivity (Wildman–Crippen MR) is 122 cm³/mol. The molecule has 4 aliphatic carbocycles. The first kappa shape index (κ1) is 23.3. The van der Waals surface area contributed by atoms with Crippen molar-refractivity contribution in [2.75, 3.05) is 19.7 Å². The van der Waals surface area contributed by atoms with Crippen LogP contribution in [0, 0.1) is 34.5 Å². The van der Waals surface area contributed by atoms with Crippen LogP contribution in [-0.4, -0.2) is 47.6 Å². The zero-order valence-electron chi connectivity index (χ0n) is 19.5. The molecule has 0 aliphatic heterocycles. The molecule has 0 amide bonds. The van der Waals surface area contributed by atoms with Crippen molar-refractivity contribution in [3.05, 3.63) is 0 Å². The van der Waals surface area contributed by atoms with Gasteiger partial charge in [0.05, 0.1) is 24.9 Å². The lowest BCUT2D eigenvalue weighted by molar-refractivity contribution is -0.210. The van der Waals surface area contributed by atoms with E-state index in [1.807, 2.05) is 0 Å². The second kappa shape index (κ2) is 8.81. The van der Waals surface area contributed by atoms with E-state index in [-0.39, 0.29) is 17.5 Å². The third-order valence-corrected chi connectivity index (χ3v) is 10.2. The fourth-order valence-corrected chi connectivity index (χ4v) is 8.37. The van der Waals surface area contributed by atoms with Crippen LogP contribution in [0.2, 0.25) is 0 Å². The minimum atomic E-state index is -0.543. The highest BCUT2D eigenvalue weighted by Crippen LogP contribution is 2.69. The standard InChI is InChI=1S/C24H44N4O3/c1-22-9-6-18(29)15-17(22)3-4-20-19(22)7-10-23(2)16(5-11-24(20,23)30)8-12-28-31-14-13-27-21(25)26/h16-20,28-30H,3-15H2,1-2H3,(H4,25,26,27)/t16-,17?,18?,19+,20-,22+,23-,24-/m1/s1. The molecule has 0 heterocycles. The normalized spacial score (nSPS) is 46.6. The summed E-state index contributed by atoms with van der Waals surface area (Å²) >= 11 is 0. The molecular formula is C24H44N4O3. The summed E-state index contributed by atoms with van der Waals surface area (Å²) in [6.45, 7) is 6.52. The quantitative estimate of drug-likeness (QED) is 0.180. The molecule has 4 saturated carbocycles. The molecule has 0 aromatic carbocycles. The van der Waals surface area contributed by atoms with E-state index in [0.717, 1.165) is 57.9 Å². The monoisotopic (exact) mass is 436 g/mol. The first-order valence-corrected chi connectivity index (χ1v) is 12.5. The van der Waals surface area contributed by atoms with E-state index in [1.54, 1.807) is 0 Å². The van der Waals surface area contributed by atoms with Crippen LogP contribution in [0.25, 0.3) is 0 Å². The van der Waals surface area contributed by atoms with Gasteiger partial charge in [-0.25, -0.2) is 5.48 Å². The van der Waals surface area contributed by atoms with Crippen molar-refractivity contribution in [1.29, 1.82) is 0 Å². The Morgan fingerprint density at radius 1 is 1.06 bits per heavy atom. The molecule has 0 spiro atoms. The van der Waals surface area contributed by atoms with Crippen molar-refractivity contribution in [2.24, 2.45) is 51.0 Å². The number of rotatable bonds is 7. The summed E-state index contributed by atoms with van der Waals surface area (Å²) in [6, 6.07) is 0. The van der Waals surface area contributed by atoms with Crippen molar-refractivity contribution in [2.45, 2.75) is 89.8 Å². The molecule has 4 aliphatic rings. The first-order chi connectivity index (χ1) is 14.7. The zero-order valence-corrected chi connectivity index (χ0v) is 19.5. The molecule has 4 fully saturated rings. The summed E-state index contributed by atoms with van der Waals surface area (Å²) < 4.78 is 0. The molecule has 4 rings (SSSR count). The maximum Gasteiger partial charge on any atom is 0.185 e. The third kappa shape index (κ3) is 4.00. The summed E-state index contributed by atoms with van der Waals surface area (Å²) in [5, 5.41) is 22.4. The number of fused-ring (bicyclic) bond motifs is 5. The largest absolute Gasteiger partial charge is 0.393 e. The summed E-state index contributed by atoms with van der Waals surface area (Å²) in [5.74, 6) is 2.25. The van der Waals surface area contributed by atoms with Crippen molar-refractivity contribution >= 4 is 5.96 Å². The number of nitrogens with one attached hydrogen (secondary N) is 1. The molecule has 7 heteroatoms. The summed E-state index contributed by atoms with van der Waals surface area (Å²) in [7, 11) is 0. The Balaban J connectivity index is 1.36. The van der Waals surface area contributed by atoms with Gasteiger partial charge in [0, 0.05) is 6.54 Å². The smallest absolute Gasteiger partial charge is 0.185 e. The van der Waals surface area contributed by atoms with Gasteiger partial charge in [-0.05, 0) is 98.7 Å². The van der Waals surface area contributed by atoms with Gasteiger partial charge in [-0.3, -0.25) is 9.83 Å². The fourth-order valence-electron chi connectivity index (χ4n) is 8.37. The molecule has 31 heavy (non-hydrogen) atoms. The fraction of sp³-hybridized carbons (Fsp3) is 0.958. The van der Waals surface area contributed by atoms with Crippen LogP contribution < -0.4 is 16.9 Å². The lowest BCUT2D eigenvalue weighted by Gasteiger charge is -2.63. The second-order valence-electron chi connectivity index (χ2n) is 11.4. The molecule has 0 radical (unpaired) electrons. The van der Waals surface area contributed by atoms with Gasteiger partial charge in [-0.15, -0.1) is 0 Å². The van der Waals surface area contributed by atoms with Gasteiger partial charge in [-0.2, -0.15) is 0 Å². The molecule has 8 atom stereocenters. The number of guanidine groups is 1. The highest BCUT2D eigenvalue weighted by molar-refractivity contribution is 5.75. The van der Waals surface area contributed by atoms with Crippen molar-refractivity contribution in [3.8, 4) is 0 Å². The maximum absolute atomic E-state index is 12.2. The Labute approximate surface area is 187 Å². The highest BCUT2D eigenvalue weighted by Gasteiger charge is 2.66. The van der Waals surface area contributed by atoms with Crippen LogP contribution in [0.3, 0.4) is 0 Å². The highest BCUT2D eigenvalue weighted by atomic mass is 16.6. The lowest BCUT2D eigenvalue weighted by Crippen LogP contribution is -2.62. The van der Waals surface area contributed by atoms with Crippen molar-refractivity contribution in [3.63, 3.8) is 0 Å². The Morgan fingerprint density at radius 2 is 1.87 bits per heavy atom. The van der Waals surface area contributed by atoms with Crippen LogP contribution in [0.5, 0.6) is 0 Å². The number of nitrogens with zero attached hydrogens (tertiary/aromatic N) is 1. The predicted octanol–water partition coefficient (Wildman–Crippen LogP) is 2.31. The Bertz CT molecular complexity index is 671. The molecule has 7 nitrogen and oxygen atoms in total. The summed E-state index contributed by atoms with van der Waals surface area (Å²) in [5.41, 5.74) is 13.4.